The Hall–Kier alpha value is -4.34. The molecule has 1 saturated heterocycles. The highest BCUT2D eigenvalue weighted by Gasteiger charge is 2.43. The molecule has 2 aromatic carbocycles. The number of esters is 2. The lowest BCUT2D eigenvalue weighted by atomic mass is 10.1. The average molecular weight is 553 g/mol. The summed E-state index contributed by atoms with van der Waals surface area (Å²) < 4.78 is 21.1. The van der Waals surface area contributed by atoms with Crippen molar-refractivity contribution in [3.05, 3.63) is 83.6 Å². The van der Waals surface area contributed by atoms with E-state index in [1.54, 1.807) is 32.9 Å². The first kappa shape index (κ1) is 30.2. The van der Waals surface area contributed by atoms with E-state index in [1.165, 1.54) is 18.1 Å². The van der Waals surface area contributed by atoms with Gasteiger partial charge in [0.05, 0.1) is 7.11 Å². The first-order valence-corrected chi connectivity index (χ1v) is 13.1. The van der Waals surface area contributed by atoms with Gasteiger partial charge in [0.2, 0.25) is 0 Å². The molecule has 1 fully saturated rings. The molecule has 10 nitrogen and oxygen atoms in total. The van der Waals surface area contributed by atoms with E-state index in [-0.39, 0.29) is 25.3 Å². The highest BCUT2D eigenvalue weighted by Crippen LogP contribution is 2.30. The third-order valence-corrected chi connectivity index (χ3v) is 6.05. The minimum atomic E-state index is -0.855. The van der Waals surface area contributed by atoms with Crippen molar-refractivity contribution in [3.63, 3.8) is 0 Å². The molecule has 2 aromatic rings. The van der Waals surface area contributed by atoms with Crippen LogP contribution in [-0.4, -0.2) is 53.8 Å². The lowest BCUT2D eigenvalue weighted by Gasteiger charge is -2.30. The molecule has 3 rings (SSSR count). The van der Waals surface area contributed by atoms with Crippen LogP contribution in [0, 0.1) is 0 Å². The summed E-state index contributed by atoms with van der Waals surface area (Å²) in [6, 6.07) is 16.9. The van der Waals surface area contributed by atoms with Crippen molar-refractivity contribution in [1.29, 1.82) is 0 Å². The Kier molecular flexibility index (Phi) is 10.7. The minimum absolute atomic E-state index is 0.0162. The van der Waals surface area contributed by atoms with Gasteiger partial charge < -0.3 is 18.9 Å². The van der Waals surface area contributed by atoms with Gasteiger partial charge in [0.25, 0.3) is 0 Å². The van der Waals surface area contributed by atoms with Crippen molar-refractivity contribution in [3.8, 4) is 0 Å². The van der Waals surface area contributed by atoms with Crippen LogP contribution in [0.1, 0.15) is 51.2 Å². The number of benzene rings is 2. The first-order chi connectivity index (χ1) is 19.1. The van der Waals surface area contributed by atoms with E-state index in [2.05, 4.69) is 5.32 Å². The molecule has 214 valence electrons. The fraction of sp³-hybridized carbons (Fsp3) is 0.400. The molecule has 1 aliphatic rings. The van der Waals surface area contributed by atoms with Crippen molar-refractivity contribution >= 4 is 24.1 Å². The highest BCUT2D eigenvalue weighted by atomic mass is 16.6. The van der Waals surface area contributed by atoms with Gasteiger partial charge in [-0.1, -0.05) is 66.7 Å². The number of alkyl carbamates (subject to hydrolysis) is 1. The monoisotopic (exact) mass is 552 g/mol. The topological polar surface area (TPSA) is 120 Å². The summed E-state index contributed by atoms with van der Waals surface area (Å²) in [6.45, 7) is 5.31. The number of carbonyl (C=O) groups is 4. The van der Waals surface area contributed by atoms with E-state index in [9.17, 15) is 19.2 Å². The van der Waals surface area contributed by atoms with Crippen LogP contribution in [0.25, 0.3) is 0 Å². The maximum Gasteiger partial charge on any atom is 0.412 e. The molecule has 1 heterocycles. The summed E-state index contributed by atoms with van der Waals surface area (Å²) in [6.07, 6.45) is 0.892. The summed E-state index contributed by atoms with van der Waals surface area (Å²) in [7, 11) is 1.19. The Morgan fingerprint density at radius 2 is 1.48 bits per heavy atom. The number of likely N-dealkylation sites (tertiary alicyclic amines) is 1. The number of methoxy groups -OCH3 is 1. The van der Waals surface area contributed by atoms with E-state index >= 15 is 0 Å². The molecule has 0 unspecified atom stereocenters. The number of nitrogens with zero attached hydrogens (tertiary/aromatic N) is 1. The third kappa shape index (κ3) is 9.14. The zero-order valence-electron chi connectivity index (χ0n) is 23.3. The number of hydrogen-bond acceptors (Lipinski definition) is 8. The fourth-order valence-electron chi connectivity index (χ4n) is 4.20. The molecule has 0 saturated carbocycles. The van der Waals surface area contributed by atoms with Crippen LogP contribution < -0.4 is 5.32 Å². The van der Waals surface area contributed by atoms with Crippen molar-refractivity contribution in [2.24, 2.45) is 0 Å². The normalized spacial score (nSPS) is 17.1. The van der Waals surface area contributed by atoms with Crippen LogP contribution in [-0.2, 0) is 41.8 Å². The molecule has 1 N–H and O–H groups in total. The SMILES string of the molecule is COC(=O)/C(=C/C[C@H]1CC[C@@H](C(=O)OC(C)(C)C)N1C(=O)OCc1ccccc1)NC(=O)OCc1ccccc1. The standard InChI is InChI=1S/C30H36N2O8/c1-30(2,3)40-27(34)25-18-16-23(32(25)29(36)39-20-22-13-9-6-10-14-22)15-17-24(26(33)37-4)31-28(35)38-19-21-11-7-5-8-12-21/h5-14,17,23,25H,15-16,18-20H2,1-4H3,(H,31,35)/b24-17-/t23-,25-/m0/s1. The summed E-state index contributed by atoms with van der Waals surface area (Å²) in [5.74, 6) is -1.32. The van der Waals surface area contributed by atoms with Gasteiger partial charge in [0.15, 0.2) is 0 Å². The Balaban J connectivity index is 1.73. The number of carbonyl (C=O) groups excluding carboxylic acids is 4. The molecule has 0 bridgehead atoms. The maximum absolute atomic E-state index is 13.2. The summed E-state index contributed by atoms with van der Waals surface area (Å²) in [4.78, 5) is 52.4. The Labute approximate surface area is 234 Å². The lowest BCUT2D eigenvalue weighted by molar-refractivity contribution is -0.160. The predicted molar refractivity (Wildman–Crippen MR) is 146 cm³/mol. The van der Waals surface area contributed by atoms with Crippen molar-refractivity contribution in [2.45, 2.75) is 70.9 Å². The average Bonchev–Trinajstić information content (AvgIpc) is 3.37. The molecule has 10 heteroatoms. The number of nitrogens with one attached hydrogen (secondary N) is 1. The summed E-state index contributed by atoms with van der Waals surface area (Å²) >= 11 is 0. The van der Waals surface area contributed by atoms with E-state index in [0.717, 1.165) is 11.1 Å². The third-order valence-electron chi connectivity index (χ3n) is 6.05. The van der Waals surface area contributed by atoms with Gasteiger partial charge >= 0.3 is 24.1 Å². The second-order valence-electron chi connectivity index (χ2n) is 10.3. The molecular weight excluding hydrogens is 516 g/mol. The quantitative estimate of drug-likeness (QED) is 0.266. The first-order valence-electron chi connectivity index (χ1n) is 13.1. The van der Waals surface area contributed by atoms with Gasteiger partial charge in [-0.3, -0.25) is 10.2 Å². The van der Waals surface area contributed by atoms with Gasteiger partial charge in [0.1, 0.15) is 30.6 Å². The van der Waals surface area contributed by atoms with E-state index in [4.69, 9.17) is 18.9 Å². The molecule has 1 aliphatic heterocycles. The Morgan fingerprint density at radius 3 is 2.02 bits per heavy atom. The summed E-state index contributed by atoms with van der Waals surface area (Å²) in [5.41, 5.74) is 0.701. The fourth-order valence-corrected chi connectivity index (χ4v) is 4.20. The van der Waals surface area contributed by atoms with Crippen LogP contribution in [0.2, 0.25) is 0 Å². The number of hydrogen-bond donors (Lipinski definition) is 1. The second kappa shape index (κ2) is 14.2. The predicted octanol–water partition coefficient (Wildman–Crippen LogP) is 4.87. The van der Waals surface area contributed by atoms with Gasteiger partial charge in [0, 0.05) is 6.04 Å². The lowest BCUT2D eigenvalue weighted by Crippen LogP contribution is -2.47. The van der Waals surface area contributed by atoms with Crippen molar-refractivity contribution in [1.82, 2.24) is 10.2 Å². The van der Waals surface area contributed by atoms with Crippen LogP contribution in [0.4, 0.5) is 9.59 Å². The Bertz CT molecular complexity index is 1190. The second-order valence-corrected chi connectivity index (χ2v) is 10.3. The van der Waals surface area contributed by atoms with Gasteiger partial charge in [-0.05, 0) is 51.2 Å². The van der Waals surface area contributed by atoms with Gasteiger partial charge in [-0.2, -0.15) is 0 Å². The number of ether oxygens (including phenoxy) is 4. The van der Waals surface area contributed by atoms with Crippen LogP contribution >= 0.6 is 0 Å². The largest absolute Gasteiger partial charge is 0.464 e. The molecule has 0 radical (unpaired) electrons. The highest BCUT2D eigenvalue weighted by molar-refractivity contribution is 5.92. The van der Waals surface area contributed by atoms with E-state index in [1.807, 2.05) is 48.5 Å². The molecule has 2 atom stereocenters. The summed E-state index contributed by atoms with van der Waals surface area (Å²) in [5, 5.41) is 2.42. The molecule has 0 aromatic heterocycles. The van der Waals surface area contributed by atoms with E-state index < -0.39 is 41.8 Å². The van der Waals surface area contributed by atoms with Crippen LogP contribution in [0.3, 0.4) is 0 Å². The van der Waals surface area contributed by atoms with E-state index in [0.29, 0.717) is 12.8 Å². The van der Waals surface area contributed by atoms with Gasteiger partial charge in [-0.25, -0.2) is 19.2 Å². The molecule has 0 aliphatic carbocycles. The van der Waals surface area contributed by atoms with Crippen molar-refractivity contribution < 1.29 is 38.1 Å². The maximum atomic E-state index is 13.2. The molecule has 2 amide bonds. The minimum Gasteiger partial charge on any atom is -0.464 e. The zero-order chi connectivity index (χ0) is 29.1. The molecular formula is C30H36N2O8. The van der Waals surface area contributed by atoms with Crippen LogP contribution in [0.5, 0.6) is 0 Å². The van der Waals surface area contributed by atoms with Crippen LogP contribution in [0.15, 0.2) is 72.4 Å². The molecule has 0 spiro atoms. The number of rotatable bonds is 9. The number of amides is 2. The Morgan fingerprint density at radius 1 is 0.900 bits per heavy atom. The van der Waals surface area contributed by atoms with Gasteiger partial charge in [-0.15, -0.1) is 0 Å². The zero-order valence-corrected chi connectivity index (χ0v) is 23.3. The molecule has 40 heavy (non-hydrogen) atoms. The smallest absolute Gasteiger partial charge is 0.412 e. The van der Waals surface area contributed by atoms with Crippen molar-refractivity contribution in [2.75, 3.05) is 7.11 Å².